The SMILES string of the molecule is Cc1ccc(F)cc1CNC1CCN(S(C)(=O)=O)CC1. The fourth-order valence-corrected chi connectivity index (χ4v) is 3.35. The molecule has 0 aromatic heterocycles. The maximum atomic E-state index is 13.2. The van der Waals surface area contributed by atoms with Crippen molar-refractivity contribution >= 4 is 10.0 Å². The van der Waals surface area contributed by atoms with Gasteiger partial charge in [0.2, 0.25) is 10.0 Å². The lowest BCUT2D eigenvalue weighted by Crippen LogP contribution is -2.44. The Morgan fingerprint density at radius 2 is 2.00 bits per heavy atom. The van der Waals surface area contributed by atoms with Crippen molar-refractivity contribution in [1.29, 1.82) is 0 Å². The normalized spacial score (nSPS) is 18.4. The molecule has 0 bridgehead atoms. The molecular formula is C14H21FN2O2S. The Kier molecular flexibility index (Phi) is 4.78. The number of aryl methyl sites for hydroxylation is 1. The van der Waals surface area contributed by atoms with Crippen molar-refractivity contribution in [2.24, 2.45) is 0 Å². The Morgan fingerprint density at radius 1 is 1.35 bits per heavy atom. The zero-order chi connectivity index (χ0) is 14.8. The van der Waals surface area contributed by atoms with Crippen LogP contribution in [-0.4, -0.2) is 38.1 Å². The molecule has 20 heavy (non-hydrogen) atoms. The molecule has 1 aliphatic heterocycles. The van der Waals surface area contributed by atoms with E-state index in [1.54, 1.807) is 12.1 Å². The van der Waals surface area contributed by atoms with Gasteiger partial charge in [0.05, 0.1) is 6.26 Å². The van der Waals surface area contributed by atoms with E-state index in [-0.39, 0.29) is 11.9 Å². The molecule has 1 heterocycles. The van der Waals surface area contributed by atoms with Gasteiger partial charge >= 0.3 is 0 Å². The molecule has 112 valence electrons. The van der Waals surface area contributed by atoms with Crippen LogP contribution in [0.25, 0.3) is 0 Å². The number of benzene rings is 1. The molecule has 0 unspecified atom stereocenters. The summed E-state index contributed by atoms with van der Waals surface area (Å²) >= 11 is 0. The molecule has 1 aliphatic rings. The van der Waals surface area contributed by atoms with Crippen LogP contribution in [0.15, 0.2) is 18.2 Å². The number of nitrogens with one attached hydrogen (secondary N) is 1. The summed E-state index contributed by atoms with van der Waals surface area (Å²) in [4.78, 5) is 0. The first-order valence-corrected chi connectivity index (χ1v) is 8.64. The summed E-state index contributed by atoms with van der Waals surface area (Å²) in [6.07, 6.45) is 2.83. The van der Waals surface area contributed by atoms with Crippen LogP contribution in [0.5, 0.6) is 0 Å². The molecule has 2 rings (SSSR count). The average Bonchev–Trinajstić information content (AvgIpc) is 2.39. The smallest absolute Gasteiger partial charge is 0.211 e. The van der Waals surface area contributed by atoms with Gasteiger partial charge in [-0.2, -0.15) is 0 Å². The molecule has 6 heteroatoms. The van der Waals surface area contributed by atoms with Gasteiger partial charge in [-0.1, -0.05) is 6.07 Å². The van der Waals surface area contributed by atoms with Gasteiger partial charge < -0.3 is 5.32 Å². The Hall–Kier alpha value is -0.980. The van der Waals surface area contributed by atoms with Gasteiger partial charge in [0, 0.05) is 25.7 Å². The molecule has 0 spiro atoms. The minimum Gasteiger partial charge on any atom is -0.310 e. The van der Waals surface area contributed by atoms with Crippen molar-refractivity contribution in [2.45, 2.75) is 32.4 Å². The number of sulfonamides is 1. The minimum absolute atomic E-state index is 0.223. The molecule has 1 aromatic rings. The van der Waals surface area contributed by atoms with Gasteiger partial charge in [-0.05, 0) is 43.0 Å². The van der Waals surface area contributed by atoms with Crippen molar-refractivity contribution in [3.05, 3.63) is 35.1 Å². The molecule has 0 saturated carbocycles. The third kappa shape index (κ3) is 4.01. The lowest BCUT2D eigenvalue weighted by atomic mass is 10.0. The van der Waals surface area contributed by atoms with Gasteiger partial charge in [-0.15, -0.1) is 0 Å². The number of hydrogen-bond donors (Lipinski definition) is 1. The van der Waals surface area contributed by atoms with E-state index in [0.29, 0.717) is 19.6 Å². The Morgan fingerprint density at radius 3 is 2.60 bits per heavy atom. The second kappa shape index (κ2) is 6.20. The zero-order valence-electron chi connectivity index (χ0n) is 11.9. The van der Waals surface area contributed by atoms with Crippen molar-refractivity contribution < 1.29 is 12.8 Å². The van der Waals surface area contributed by atoms with Crippen LogP contribution in [-0.2, 0) is 16.6 Å². The Balaban J connectivity index is 1.86. The van der Waals surface area contributed by atoms with E-state index in [4.69, 9.17) is 0 Å². The van der Waals surface area contributed by atoms with Crippen LogP contribution in [0.1, 0.15) is 24.0 Å². The predicted molar refractivity (Wildman–Crippen MR) is 77.4 cm³/mol. The van der Waals surface area contributed by atoms with E-state index >= 15 is 0 Å². The fourth-order valence-electron chi connectivity index (χ4n) is 2.48. The van der Waals surface area contributed by atoms with E-state index in [2.05, 4.69) is 5.32 Å². The van der Waals surface area contributed by atoms with Gasteiger partial charge in [-0.3, -0.25) is 0 Å². The van der Waals surface area contributed by atoms with Gasteiger partial charge in [0.15, 0.2) is 0 Å². The largest absolute Gasteiger partial charge is 0.310 e. The van der Waals surface area contributed by atoms with Crippen molar-refractivity contribution in [3.8, 4) is 0 Å². The molecule has 0 atom stereocenters. The standard InChI is InChI=1S/C14H21FN2O2S/c1-11-3-4-13(15)9-12(11)10-16-14-5-7-17(8-6-14)20(2,18)19/h3-4,9,14,16H,5-8,10H2,1-2H3. The minimum atomic E-state index is -3.07. The lowest BCUT2D eigenvalue weighted by molar-refractivity contribution is 0.290. The van der Waals surface area contributed by atoms with E-state index < -0.39 is 10.0 Å². The maximum absolute atomic E-state index is 13.2. The summed E-state index contributed by atoms with van der Waals surface area (Å²) < 4.78 is 37.5. The summed E-state index contributed by atoms with van der Waals surface area (Å²) in [5, 5.41) is 3.39. The summed E-state index contributed by atoms with van der Waals surface area (Å²) in [6.45, 7) is 3.69. The van der Waals surface area contributed by atoms with Crippen LogP contribution in [0.3, 0.4) is 0 Å². The van der Waals surface area contributed by atoms with Gasteiger partial charge in [0.1, 0.15) is 5.82 Å². The van der Waals surface area contributed by atoms with E-state index in [1.165, 1.54) is 16.6 Å². The average molecular weight is 300 g/mol. The van der Waals surface area contributed by atoms with Crippen LogP contribution < -0.4 is 5.32 Å². The highest BCUT2D eigenvalue weighted by molar-refractivity contribution is 7.88. The van der Waals surface area contributed by atoms with Crippen LogP contribution in [0.4, 0.5) is 4.39 Å². The van der Waals surface area contributed by atoms with Crippen molar-refractivity contribution in [1.82, 2.24) is 9.62 Å². The first kappa shape index (κ1) is 15.4. The summed E-state index contributed by atoms with van der Waals surface area (Å²) in [6, 6.07) is 5.08. The third-order valence-electron chi connectivity index (χ3n) is 3.82. The molecule has 1 saturated heterocycles. The first-order valence-electron chi connectivity index (χ1n) is 6.80. The van der Waals surface area contributed by atoms with E-state index in [1.807, 2.05) is 6.92 Å². The van der Waals surface area contributed by atoms with Gasteiger partial charge in [0.25, 0.3) is 0 Å². The highest BCUT2D eigenvalue weighted by atomic mass is 32.2. The first-order chi connectivity index (χ1) is 9.36. The topological polar surface area (TPSA) is 49.4 Å². The monoisotopic (exact) mass is 300 g/mol. The molecule has 1 N–H and O–H groups in total. The van der Waals surface area contributed by atoms with E-state index in [9.17, 15) is 12.8 Å². The second-order valence-corrected chi connectivity index (χ2v) is 7.37. The zero-order valence-corrected chi connectivity index (χ0v) is 12.7. The summed E-state index contributed by atoms with van der Waals surface area (Å²) in [7, 11) is -3.07. The third-order valence-corrected chi connectivity index (χ3v) is 5.12. The van der Waals surface area contributed by atoms with Crippen molar-refractivity contribution in [3.63, 3.8) is 0 Å². The molecule has 0 aliphatic carbocycles. The predicted octanol–water partition coefficient (Wildman–Crippen LogP) is 1.65. The molecule has 0 radical (unpaired) electrons. The van der Waals surface area contributed by atoms with Crippen LogP contribution >= 0.6 is 0 Å². The quantitative estimate of drug-likeness (QED) is 0.920. The molecular weight excluding hydrogens is 279 g/mol. The Bertz CT molecular complexity index is 567. The number of piperidine rings is 1. The molecule has 4 nitrogen and oxygen atoms in total. The highest BCUT2D eigenvalue weighted by Gasteiger charge is 2.24. The van der Waals surface area contributed by atoms with E-state index in [0.717, 1.165) is 24.0 Å². The molecule has 1 fully saturated rings. The number of rotatable bonds is 4. The molecule has 0 amide bonds. The lowest BCUT2D eigenvalue weighted by Gasteiger charge is -2.30. The van der Waals surface area contributed by atoms with Crippen LogP contribution in [0.2, 0.25) is 0 Å². The highest BCUT2D eigenvalue weighted by Crippen LogP contribution is 2.15. The van der Waals surface area contributed by atoms with Crippen LogP contribution in [0, 0.1) is 12.7 Å². The fraction of sp³-hybridized carbons (Fsp3) is 0.571. The van der Waals surface area contributed by atoms with Crippen molar-refractivity contribution in [2.75, 3.05) is 19.3 Å². The number of hydrogen-bond acceptors (Lipinski definition) is 3. The summed E-state index contributed by atoms with van der Waals surface area (Å²) in [5.41, 5.74) is 2.02. The Labute approximate surface area is 120 Å². The number of nitrogens with zero attached hydrogens (tertiary/aromatic N) is 1. The molecule has 1 aromatic carbocycles. The maximum Gasteiger partial charge on any atom is 0.211 e. The summed E-state index contributed by atoms with van der Waals surface area (Å²) in [5.74, 6) is -0.223. The second-order valence-electron chi connectivity index (χ2n) is 5.39. The number of halogens is 1. The van der Waals surface area contributed by atoms with Gasteiger partial charge in [-0.25, -0.2) is 17.1 Å².